The summed E-state index contributed by atoms with van der Waals surface area (Å²) in [4.78, 5) is 0. The highest BCUT2D eigenvalue weighted by molar-refractivity contribution is 4.96. The third-order valence-corrected chi connectivity index (χ3v) is 3.75. The smallest absolute Gasteiger partial charge is 0.000802 e. The monoisotopic (exact) mass is 167 g/mol. The van der Waals surface area contributed by atoms with Crippen LogP contribution in [0.3, 0.4) is 0 Å². The molecule has 12 heavy (non-hydrogen) atoms. The molecule has 2 rings (SSSR count). The Labute approximate surface area is 75.9 Å². The number of hydrogen-bond donors (Lipinski definition) is 1. The largest absolute Gasteiger partial charge is 0.316 e. The van der Waals surface area contributed by atoms with Crippen LogP contribution in [0, 0.1) is 10.8 Å². The maximum Gasteiger partial charge on any atom is 0.000802 e. The highest BCUT2D eigenvalue weighted by Crippen LogP contribution is 2.51. The number of nitrogens with one attached hydrogen (secondary N) is 1. The van der Waals surface area contributed by atoms with Crippen molar-refractivity contribution in [2.45, 2.75) is 46.0 Å². The summed E-state index contributed by atoms with van der Waals surface area (Å²) in [5.74, 6) is 0. The van der Waals surface area contributed by atoms with Crippen LogP contribution in [0.1, 0.15) is 46.0 Å². The van der Waals surface area contributed by atoms with E-state index in [4.69, 9.17) is 0 Å². The molecule has 1 nitrogen and oxygen atoms in total. The maximum absolute atomic E-state index is 3.56. The summed E-state index contributed by atoms with van der Waals surface area (Å²) in [7, 11) is 0. The average molecular weight is 167 g/mol. The normalized spacial score (nSPS) is 40.5. The molecule has 0 aromatic carbocycles. The zero-order chi connectivity index (χ0) is 8.66. The molecular formula is C11H21N. The summed E-state index contributed by atoms with van der Waals surface area (Å²) in [5.41, 5.74) is 1.32. The molecule has 1 spiro atoms. The van der Waals surface area contributed by atoms with Crippen molar-refractivity contribution in [2.24, 2.45) is 10.8 Å². The minimum Gasteiger partial charge on any atom is -0.316 e. The Bertz CT molecular complexity index is 166. The molecule has 1 unspecified atom stereocenters. The van der Waals surface area contributed by atoms with Gasteiger partial charge in [0.2, 0.25) is 0 Å². The second kappa shape index (κ2) is 2.73. The molecule has 1 saturated heterocycles. The first kappa shape index (κ1) is 8.55. The average Bonchev–Trinajstić information content (AvgIpc) is 2.29. The van der Waals surface area contributed by atoms with Gasteiger partial charge in [0, 0.05) is 6.54 Å². The van der Waals surface area contributed by atoms with Crippen LogP contribution in [0.4, 0.5) is 0 Å². The molecular weight excluding hydrogens is 146 g/mol. The first-order chi connectivity index (χ1) is 5.62. The lowest BCUT2D eigenvalue weighted by Crippen LogP contribution is -2.38. The van der Waals surface area contributed by atoms with E-state index in [2.05, 4.69) is 19.2 Å². The third kappa shape index (κ3) is 1.52. The van der Waals surface area contributed by atoms with Gasteiger partial charge in [-0.15, -0.1) is 0 Å². The molecule has 2 aliphatic rings. The molecule has 1 aliphatic heterocycles. The Morgan fingerprint density at radius 3 is 2.42 bits per heavy atom. The molecule has 1 aliphatic carbocycles. The quantitative estimate of drug-likeness (QED) is 0.584. The fourth-order valence-electron chi connectivity index (χ4n) is 3.19. The number of hydrogen-bond acceptors (Lipinski definition) is 1. The molecule has 1 N–H and O–H groups in total. The van der Waals surface area contributed by atoms with Crippen molar-refractivity contribution >= 4 is 0 Å². The van der Waals surface area contributed by atoms with Crippen LogP contribution in [0.2, 0.25) is 0 Å². The van der Waals surface area contributed by atoms with Crippen molar-refractivity contribution in [1.29, 1.82) is 0 Å². The Balaban J connectivity index is 2.03. The molecule has 1 atom stereocenters. The second-order valence-electron chi connectivity index (χ2n) is 5.62. The minimum atomic E-state index is 0.624. The molecule has 1 heterocycles. The Kier molecular flexibility index (Phi) is 1.95. The zero-order valence-corrected chi connectivity index (χ0v) is 8.45. The van der Waals surface area contributed by atoms with E-state index in [1.54, 1.807) is 0 Å². The summed E-state index contributed by atoms with van der Waals surface area (Å²) in [6.45, 7) is 7.39. The summed E-state index contributed by atoms with van der Waals surface area (Å²) < 4.78 is 0. The second-order valence-corrected chi connectivity index (χ2v) is 5.62. The van der Waals surface area contributed by atoms with Crippen LogP contribution in [-0.2, 0) is 0 Å². The van der Waals surface area contributed by atoms with Gasteiger partial charge in [0.1, 0.15) is 0 Å². The summed E-state index contributed by atoms with van der Waals surface area (Å²) in [6, 6.07) is 0. The van der Waals surface area contributed by atoms with E-state index in [0.717, 1.165) is 0 Å². The summed E-state index contributed by atoms with van der Waals surface area (Å²) in [6.07, 6.45) is 7.23. The van der Waals surface area contributed by atoms with E-state index in [1.165, 1.54) is 45.2 Å². The standard InChI is InChI=1S/C11H21N/c1-10(2)5-6-11(8-10)4-3-7-12-9-11/h12H,3-9H2,1-2H3. The number of rotatable bonds is 0. The fraction of sp³-hybridized carbons (Fsp3) is 1.00. The van der Waals surface area contributed by atoms with Crippen molar-refractivity contribution < 1.29 is 0 Å². The molecule has 1 saturated carbocycles. The molecule has 0 aromatic rings. The van der Waals surface area contributed by atoms with Crippen LogP contribution < -0.4 is 5.32 Å². The zero-order valence-electron chi connectivity index (χ0n) is 8.45. The van der Waals surface area contributed by atoms with Gasteiger partial charge in [-0.1, -0.05) is 13.8 Å². The maximum atomic E-state index is 3.56. The fourth-order valence-corrected chi connectivity index (χ4v) is 3.19. The highest BCUT2D eigenvalue weighted by Gasteiger charge is 2.43. The van der Waals surface area contributed by atoms with Gasteiger partial charge in [0.15, 0.2) is 0 Å². The van der Waals surface area contributed by atoms with E-state index < -0.39 is 0 Å². The van der Waals surface area contributed by atoms with Crippen molar-refractivity contribution in [2.75, 3.05) is 13.1 Å². The lowest BCUT2D eigenvalue weighted by molar-refractivity contribution is 0.192. The van der Waals surface area contributed by atoms with Crippen molar-refractivity contribution in [3.63, 3.8) is 0 Å². The van der Waals surface area contributed by atoms with E-state index >= 15 is 0 Å². The lowest BCUT2D eigenvalue weighted by atomic mass is 9.76. The summed E-state index contributed by atoms with van der Waals surface area (Å²) in [5, 5.41) is 3.56. The van der Waals surface area contributed by atoms with Gasteiger partial charge in [-0.2, -0.15) is 0 Å². The third-order valence-electron chi connectivity index (χ3n) is 3.75. The lowest BCUT2D eigenvalue weighted by Gasteiger charge is -2.35. The molecule has 0 aromatic heterocycles. The molecule has 1 heteroatoms. The molecule has 0 radical (unpaired) electrons. The minimum absolute atomic E-state index is 0.624. The molecule has 2 fully saturated rings. The van der Waals surface area contributed by atoms with Crippen molar-refractivity contribution in [3.05, 3.63) is 0 Å². The first-order valence-electron chi connectivity index (χ1n) is 5.33. The Hall–Kier alpha value is -0.0400. The van der Waals surface area contributed by atoms with Gasteiger partial charge < -0.3 is 5.32 Å². The van der Waals surface area contributed by atoms with Crippen LogP contribution in [0.5, 0.6) is 0 Å². The summed E-state index contributed by atoms with van der Waals surface area (Å²) >= 11 is 0. The predicted molar refractivity (Wildman–Crippen MR) is 52.2 cm³/mol. The highest BCUT2D eigenvalue weighted by atomic mass is 14.9. The van der Waals surface area contributed by atoms with Gasteiger partial charge in [-0.3, -0.25) is 0 Å². The van der Waals surface area contributed by atoms with E-state index in [1.807, 2.05) is 0 Å². The van der Waals surface area contributed by atoms with Gasteiger partial charge in [0.05, 0.1) is 0 Å². The van der Waals surface area contributed by atoms with Gasteiger partial charge in [-0.05, 0) is 49.5 Å². The van der Waals surface area contributed by atoms with Gasteiger partial charge in [0.25, 0.3) is 0 Å². The van der Waals surface area contributed by atoms with E-state index in [0.29, 0.717) is 10.8 Å². The topological polar surface area (TPSA) is 12.0 Å². The van der Waals surface area contributed by atoms with Crippen LogP contribution in [-0.4, -0.2) is 13.1 Å². The molecule has 0 bridgehead atoms. The molecule has 0 amide bonds. The Morgan fingerprint density at radius 2 is 1.92 bits per heavy atom. The van der Waals surface area contributed by atoms with Gasteiger partial charge in [-0.25, -0.2) is 0 Å². The van der Waals surface area contributed by atoms with Crippen LogP contribution >= 0.6 is 0 Å². The van der Waals surface area contributed by atoms with E-state index in [-0.39, 0.29) is 0 Å². The van der Waals surface area contributed by atoms with Crippen LogP contribution in [0.25, 0.3) is 0 Å². The van der Waals surface area contributed by atoms with Crippen LogP contribution in [0.15, 0.2) is 0 Å². The molecule has 70 valence electrons. The Morgan fingerprint density at radius 1 is 1.08 bits per heavy atom. The van der Waals surface area contributed by atoms with Gasteiger partial charge >= 0.3 is 0 Å². The predicted octanol–water partition coefficient (Wildman–Crippen LogP) is 2.57. The first-order valence-corrected chi connectivity index (χ1v) is 5.33. The SMILES string of the molecule is CC1(C)CCC2(CCCNC2)C1. The van der Waals surface area contributed by atoms with E-state index in [9.17, 15) is 0 Å². The van der Waals surface area contributed by atoms with Crippen molar-refractivity contribution in [3.8, 4) is 0 Å². The van der Waals surface area contributed by atoms with Crippen molar-refractivity contribution in [1.82, 2.24) is 5.32 Å². The number of piperidine rings is 1.